The Bertz CT molecular complexity index is 532. The van der Waals surface area contributed by atoms with E-state index in [2.05, 4.69) is 18.7 Å². The van der Waals surface area contributed by atoms with Gasteiger partial charge in [0.15, 0.2) is 0 Å². The Kier molecular flexibility index (Phi) is 5.29. The van der Waals surface area contributed by atoms with Gasteiger partial charge in [0.1, 0.15) is 0 Å². The van der Waals surface area contributed by atoms with Crippen molar-refractivity contribution in [3.05, 3.63) is 34.9 Å². The first kappa shape index (κ1) is 15.9. The van der Waals surface area contributed by atoms with E-state index in [-0.39, 0.29) is 0 Å². The van der Waals surface area contributed by atoms with Crippen LogP contribution in [0.3, 0.4) is 0 Å². The highest BCUT2D eigenvalue weighted by molar-refractivity contribution is 6.31. The fourth-order valence-electron chi connectivity index (χ4n) is 2.90. The monoisotopic (exact) mass is 307 g/mol. The highest BCUT2D eigenvalue weighted by Gasteiger charge is 2.22. The van der Waals surface area contributed by atoms with Crippen LogP contribution in [0.15, 0.2) is 24.3 Å². The van der Waals surface area contributed by atoms with E-state index >= 15 is 0 Å². The highest BCUT2D eigenvalue weighted by atomic mass is 35.5. The molecule has 0 bridgehead atoms. The summed E-state index contributed by atoms with van der Waals surface area (Å²) in [4.78, 5) is 13.0. The van der Waals surface area contributed by atoms with E-state index in [1.807, 2.05) is 12.1 Å². The van der Waals surface area contributed by atoms with Gasteiger partial charge in [0, 0.05) is 29.9 Å². The van der Waals surface area contributed by atoms with Gasteiger partial charge in [-0.1, -0.05) is 31.5 Å². The minimum atomic E-state index is -0.936. The Labute approximate surface area is 131 Å². The van der Waals surface area contributed by atoms with Crippen molar-refractivity contribution in [3.8, 4) is 0 Å². The van der Waals surface area contributed by atoms with E-state index in [0.717, 1.165) is 36.2 Å². The molecule has 0 unspecified atom stereocenters. The summed E-state index contributed by atoms with van der Waals surface area (Å²) in [5.41, 5.74) is 1.94. The van der Waals surface area contributed by atoms with E-state index < -0.39 is 5.97 Å². The number of anilines is 1. The largest absolute Gasteiger partial charge is 0.478 e. The summed E-state index contributed by atoms with van der Waals surface area (Å²) in [6.45, 7) is 6.55. The number of hydrogen-bond donors (Lipinski definition) is 1. The second kappa shape index (κ2) is 6.99. The van der Waals surface area contributed by atoms with Crippen LogP contribution >= 0.6 is 11.6 Å². The predicted molar refractivity (Wildman–Crippen MR) is 87.9 cm³/mol. The van der Waals surface area contributed by atoms with Crippen molar-refractivity contribution >= 4 is 29.3 Å². The number of carboxylic acids is 1. The number of aliphatic carboxylic acids is 1. The molecule has 0 amide bonds. The molecule has 1 aliphatic heterocycles. The fraction of sp³-hybridized carbons (Fsp3) is 0.471. The quantitative estimate of drug-likeness (QED) is 0.843. The molecule has 1 N–H and O–H groups in total. The number of piperidine rings is 1. The van der Waals surface area contributed by atoms with Crippen molar-refractivity contribution in [1.82, 2.24) is 0 Å². The average Bonchev–Trinajstić information content (AvgIpc) is 2.46. The summed E-state index contributed by atoms with van der Waals surface area (Å²) in [5, 5.41) is 9.48. The molecule has 0 aromatic heterocycles. The van der Waals surface area contributed by atoms with Crippen molar-refractivity contribution < 1.29 is 9.90 Å². The van der Waals surface area contributed by atoms with Gasteiger partial charge < -0.3 is 10.0 Å². The Morgan fingerprint density at radius 3 is 2.62 bits per heavy atom. The number of rotatable bonds is 4. The molecule has 2 rings (SSSR count). The van der Waals surface area contributed by atoms with E-state index in [1.54, 1.807) is 12.1 Å². The van der Waals surface area contributed by atoms with Crippen molar-refractivity contribution in [1.29, 1.82) is 0 Å². The van der Waals surface area contributed by atoms with Crippen LogP contribution in [0.25, 0.3) is 6.08 Å². The van der Waals surface area contributed by atoms with Gasteiger partial charge in [0.25, 0.3) is 0 Å². The molecule has 1 aliphatic rings. The molecule has 1 aromatic carbocycles. The molecular weight excluding hydrogens is 286 g/mol. The molecule has 3 nitrogen and oxygen atoms in total. The molecule has 0 atom stereocenters. The maximum absolute atomic E-state index is 10.7. The van der Waals surface area contributed by atoms with E-state index in [0.29, 0.717) is 5.02 Å². The van der Waals surface area contributed by atoms with E-state index in [4.69, 9.17) is 16.7 Å². The minimum Gasteiger partial charge on any atom is -0.478 e. The van der Waals surface area contributed by atoms with Gasteiger partial charge in [0.2, 0.25) is 0 Å². The molecule has 0 radical (unpaired) electrons. The van der Waals surface area contributed by atoms with E-state index in [1.165, 1.54) is 18.9 Å². The van der Waals surface area contributed by atoms with Crippen LogP contribution < -0.4 is 4.90 Å². The van der Waals surface area contributed by atoms with Gasteiger partial charge in [-0.05, 0) is 48.4 Å². The average molecular weight is 308 g/mol. The lowest BCUT2D eigenvalue weighted by molar-refractivity contribution is -0.131. The van der Waals surface area contributed by atoms with Crippen molar-refractivity contribution in [3.63, 3.8) is 0 Å². The normalized spacial score (nSPS) is 16.9. The molecule has 1 saturated heterocycles. The summed E-state index contributed by atoms with van der Waals surface area (Å²) in [5.74, 6) is 0.561. The summed E-state index contributed by atoms with van der Waals surface area (Å²) in [7, 11) is 0. The Morgan fingerprint density at radius 2 is 2.05 bits per heavy atom. The van der Waals surface area contributed by atoms with Crippen molar-refractivity contribution in [2.45, 2.75) is 26.7 Å². The van der Waals surface area contributed by atoms with Crippen LogP contribution in [0, 0.1) is 11.8 Å². The number of nitrogens with zero attached hydrogens (tertiary/aromatic N) is 1. The lowest BCUT2D eigenvalue weighted by Gasteiger charge is -2.36. The Morgan fingerprint density at radius 1 is 1.38 bits per heavy atom. The van der Waals surface area contributed by atoms with Crippen molar-refractivity contribution in [2.75, 3.05) is 18.0 Å². The summed E-state index contributed by atoms with van der Waals surface area (Å²) >= 11 is 6.11. The van der Waals surface area contributed by atoms with E-state index in [9.17, 15) is 4.79 Å². The zero-order chi connectivity index (χ0) is 15.4. The van der Waals surface area contributed by atoms with Crippen LogP contribution in [0.5, 0.6) is 0 Å². The summed E-state index contributed by atoms with van der Waals surface area (Å²) in [6.07, 6.45) is 5.16. The molecule has 114 valence electrons. The SMILES string of the molecule is CC(C)C1CCN(c2cc(Cl)ccc2/C=C/C(=O)O)CC1. The first-order valence-corrected chi connectivity index (χ1v) is 7.80. The molecule has 21 heavy (non-hydrogen) atoms. The molecule has 1 fully saturated rings. The number of carboxylic acid groups (broad SMARTS) is 1. The van der Waals surface area contributed by atoms with Crippen LogP contribution in [0.1, 0.15) is 32.3 Å². The lowest BCUT2D eigenvalue weighted by atomic mass is 9.86. The van der Waals surface area contributed by atoms with Crippen LogP contribution in [-0.2, 0) is 4.79 Å². The maximum atomic E-state index is 10.7. The third kappa shape index (κ3) is 4.24. The predicted octanol–water partition coefficient (Wildman–Crippen LogP) is 4.31. The molecule has 0 saturated carbocycles. The number of halogens is 1. The lowest BCUT2D eigenvalue weighted by Crippen LogP contribution is -2.35. The van der Waals surface area contributed by atoms with Crippen LogP contribution in [0.4, 0.5) is 5.69 Å². The molecule has 0 aliphatic carbocycles. The third-order valence-corrected chi connectivity index (χ3v) is 4.46. The molecule has 1 heterocycles. The third-order valence-electron chi connectivity index (χ3n) is 4.22. The van der Waals surface area contributed by atoms with Crippen LogP contribution in [-0.4, -0.2) is 24.2 Å². The molecule has 0 spiro atoms. The smallest absolute Gasteiger partial charge is 0.328 e. The van der Waals surface area contributed by atoms with Crippen molar-refractivity contribution in [2.24, 2.45) is 11.8 Å². The Balaban J connectivity index is 2.19. The van der Waals surface area contributed by atoms with Crippen LogP contribution in [0.2, 0.25) is 5.02 Å². The highest BCUT2D eigenvalue weighted by Crippen LogP contribution is 2.32. The second-order valence-corrected chi connectivity index (χ2v) is 6.38. The number of carbonyl (C=O) groups is 1. The van der Waals surface area contributed by atoms with Gasteiger partial charge in [0.05, 0.1) is 0 Å². The Hall–Kier alpha value is -1.48. The van der Waals surface area contributed by atoms with Gasteiger partial charge in [-0.25, -0.2) is 4.79 Å². The molecular formula is C17H22ClNO2. The summed E-state index contributed by atoms with van der Waals surface area (Å²) in [6, 6.07) is 5.61. The fourth-order valence-corrected chi connectivity index (χ4v) is 3.07. The number of benzene rings is 1. The van der Waals surface area contributed by atoms with Gasteiger partial charge in [-0.3, -0.25) is 0 Å². The minimum absolute atomic E-state index is 0.684. The first-order valence-electron chi connectivity index (χ1n) is 7.43. The second-order valence-electron chi connectivity index (χ2n) is 5.94. The topological polar surface area (TPSA) is 40.5 Å². The first-order chi connectivity index (χ1) is 9.97. The zero-order valence-corrected chi connectivity index (χ0v) is 13.3. The zero-order valence-electron chi connectivity index (χ0n) is 12.6. The molecule has 1 aromatic rings. The van der Waals surface area contributed by atoms with Gasteiger partial charge in [-0.15, -0.1) is 0 Å². The van der Waals surface area contributed by atoms with Gasteiger partial charge in [-0.2, -0.15) is 0 Å². The van der Waals surface area contributed by atoms with Gasteiger partial charge >= 0.3 is 5.97 Å². The maximum Gasteiger partial charge on any atom is 0.328 e. The number of hydrogen-bond acceptors (Lipinski definition) is 2. The standard InChI is InChI=1S/C17H22ClNO2/c1-12(2)13-7-9-19(10-8-13)16-11-15(18)5-3-14(16)4-6-17(20)21/h3-6,11-13H,7-10H2,1-2H3,(H,20,21)/b6-4+. The summed E-state index contributed by atoms with van der Waals surface area (Å²) < 4.78 is 0. The molecule has 4 heteroatoms.